The van der Waals surface area contributed by atoms with Crippen LogP contribution in [0.4, 0.5) is 0 Å². The van der Waals surface area contributed by atoms with Crippen LogP contribution in [-0.4, -0.2) is 41.4 Å². The molecule has 0 spiro atoms. The van der Waals surface area contributed by atoms with Crippen molar-refractivity contribution in [2.24, 2.45) is 0 Å². The van der Waals surface area contributed by atoms with Crippen molar-refractivity contribution in [2.45, 2.75) is 19.1 Å². The van der Waals surface area contributed by atoms with Gasteiger partial charge in [-0.05, 0) is 18.2 Å². The molecular formula is C15H16ClN3O2. The molecule has 1 aliphatic heterocycles. The van der Waals surface area contributed by atoms with Crippen molar-refractivity contribution in [3.8, 4) is 6.07 Å². The Bertz CT molecular complexity index is 671. The molecule has 0 N–H and O–H groups in total. The van der Waals surface area contributed by atoms with Gasteiger partial charge in [0.15, 0.2) is 0 Å². The van der Waals surface area contributed by atoms with Gasteiger partial charge in [-0.1, -0.05) is 0 Å². The molecule has 2 aromatic rings. The standard InChI is InChI=1S/C15H16ClN3O2/c16-4-3-15-18-13-2-1-11(8-17)7-14(13)19(15)9-12-10-20-5-6-21-12/h1-2,7,12H,3-6,9-10H2. The summed E-state index contributed by atoms with van der Waals surface area (Å²) in [6.45, 7) is 2.51. The second-order valence-corrected chi connectivity index (χ2v) is 5.34. The molecule has 1 aromatic carbocycles. The van der Waals surface area contributed by atoms with Gasteiger partial charge in [0.25, 0.3) is 0 Å². The van der Waals surface area contributed by atoms with Gasteiger partial charge < -0.3 is 14.0 Å². The number of fused-ring (bicyclic) bond motifs is 1. The Kier molecular flexibility index (Phi) is 4.39. The molecule has 21 heavy (non-hydrogen) atoms. The third-order valence-electron chi connectivity index (χ3n) is 3.55. The quantitative estimate of drug-likeness (QED) is 0.812. The van der Waals surface area contributed by atoms with Crippen molar-refractivity contribution >= 4 is 22.6 Å². The molecule has 0 amide bonds. The Morgan fingerprint density at radius 1 is 1.43 bits per heavy atom. The number of hydrogen-bond acceptors (Lipinski definition) is 4. The molecule has 0 saturated carbocycles. The van der Waals surface area contributed by atoms with Crippen molar-refractivity contribution in [1.82, 2.24) is 9.55 Å². The van der Waals surface area contributed by atoms with E-state index in [1.807, 2.05) is 12.1 Å². The fraction of sp³-hybridized carbons (Fsp3) is 0.467. The highest BCUT2D eigenvalue weighted by molar-refractivity contribution is 6.17. The summed E-state index contributed by atoms with van der Waals surface area (Å²) < 4.78 is 13.3. The highest BCUT2D eigenvalue weighted by Gasteiger charge is 2.19. The summed E-state index contributed by atoms with van der Waals surface area (Å²) in [7, 11) is 0. The van der Waals surface area contributed by atoms with E-state index in [1.165, 1.54) is 0 Å². The van der Waals surface area contributed by atoms with Crippen molar-refractivity contribution in [2.75, 3.05) is 25.7 Å². The highest BCUT2D eigenvalue weighted by atomic mass is 35.5. The molecule has 1 aliphatic rings. The van der Waals surface area contributed by atoms with Crippen molar-refractivity contribution in [1.29, 1.82) is 5.26 Å². The van der Waals surface area contributed by atoms with Crippen molar-refractivity contribution < 1.29 is 9.47 Å². The number of nitrogens with zero attached hydrogens (tertiary/aromatic N) is 3. The Hall–Kier alpha value is -1.61. The predicted octanol–water partition coefficient (Wildman–Crippen LogP) is 2.10. The number of ether oxygens (including phenoxy) is 2. The summed E-state index contributed by atoms with van der Waals surface area (Å²) in [4.78, 5) is 4.62. The number of nitriles is 1. The van der Waals surface area contributed by atoms with E-state index in [4.69, 9.17) is 26.3 Å². The normalized spacial score (nSPS) is 18.8. The summed E-state index contributed by atoms with van der Waals surface area (Å²) in [6.07, 6.45) is 0.696. The van der Waals surface area contributed by atoms with Gasteiger partial charge in [-0.3, -0.25) is 0 Å². The number of hydrogen-bond donors (Lipinski definition) is 0. The van der Waals surface area contributed by atoms with Crippen LogP contribution in [0.3, 0.4) is 0 Å². The van der Waals surface area contributed by atoms with Crippen LogP contribution in [0.25, 0.3) is 11.0 Å². The number of alkyl halides is 1. The number of benzene rings is 1. The van der Waals surface area contributed by atoms with Crippen LogP contribution >= 0.6 is 11.6 Å². The molecule has 0 aliphatic carbocycles. The lowest BCUT2D eigenvalue weighted by atomic mass is 10.2. The lowest BCUT2D eigenvalue weighted by Gasteiger charge is -2.24. The van der Waals surface area contributed by atoms with E-state index >= 15 is 0 Å². The second kappa shape index (κ2) is 6.44. The van der Waals surface area contributed by atoms with Gasteiger partial charge in [-0.2, -0.15) is 5.26 Å². The fourth-order valence-electron chi connectivity index (χ4n) is 2.57. The van der Waals surface area contributed by atoms with E-state index in [1.54, 1.807) is 6.07 Å². The minimum Gasteiger partial charge on any atom is -0.376 e. The first-order valence-corrected chi connectivity index (χ1v) is 7.50. The first kappa shape index (κ1) is 14.3. The zero-order valence-electron chi connectivity index (χ0n) is 11.6. The molecule has 3 rings (SSSR count). The molecule has 5 nitrogen and oxygen atoms in total. The van der Waals surface area contributed by atoms with Gasteiger partial charge in [0.05, 0.1) is 55.1 Å². The van der Waals surface area contributed by atoms with Gasteiger partial charge >= 0.3 is 0 Å². The molecule has 6 heteroatoms. The average molecular weight is 306 g/mol. The zero-order valence-corrected chi connectivity index (χ0v) is 12.3. The summed E-state index contributed by atoms with van der Waals surface area (Å²) in [5.41, 5.74) is 2.45. The Morgan fingerprint density at radius 2 is 2.33 bits per heavy atom. The zero-order chi connectivity index (χ0) is 14.7. The van der Waals surface area contributed by atoms with E-state index < -0.39 is 0 Å². The third-order valence-corrected chi connectivity index (χ3v) is 3.73. The van der Waals surface area contributed by atoms with Crippen LogP contribution in [-0.2, 0) is 22.4 Å². The van der Waals surface area contributed by atoms with Crippen LogP contribution in [0.1, 0.15) is 11.4 Å². The maximum Gasteiger partial charge on any atom is 0.111 e. The van der Waals surface area contributed by atoms with Gasteiger partial charge in [0.2, 0.25) is 0 Å². The highest BCUT2D eigenvalue weighted by Crippen LogP contribution is 2.20. The SMILES string of the molecule is N#Cc1ccc2nc(CCCl)n(CC3COCCO3)c2c1. The predicted molar refractivity (Wildman–Crippen MR) is 79.4 cm³/mol. The van der Waals surface area contributed by atoms with Crippen molar-refractivity contribution in [3.05, 3.63) is 29.6 Å². The topological polar surface area (TPSA) is 60.1 Å². The molecule has 1 atom stereocenters. The number of rotatable bonds is 4. The molecular weight excluding hydrogens is 290 g/mol. The average Bonchev–Trinajstić information content (AvgIpc) is 2.86. The molecule has 110 valence electrons. The summed E-state index contributed by atoms with van der Waals surface area (Å²) in [6, 6.07) is 7.69. The second-order valence-electron chi connectivity index (χ2n) is 4.96. The summed E-state index contributed by atoms with van der Waals surface area (Å²) in [5, 5.41) is 9.07. The molecule has 0 bridgehead atoms. The van der Waals surface area contributed by atoms with Gasteiger partial charge in [-0.25, -0.2) is 4.98 Å². The number of halogens is 1. The maximum atomic E-state index is 9.07. The number of aryl methyl sites for hydroxylation is 1. The van der Waals surface area contributed by atoms with Crippen LogP contribution in [0, 0.1) is 11.3 Å². The van der Waals surface area contributed by atoms with Gasteiger partial charge in [0.1, 0.15) is 5.82 Å². The minimum atomic E-state index is 0.0102. The van der Waals surface area contributed by atoms with Gasteiger partial charge in [0, 0.05) is 12.3 Å². The van der Waals surface area contributed by atoms with Crippen LogP contribution in [0.5, 0.6) is 0 Å². The summed E-state index contributed by atoms with van der Waals surface area (Å²) in [5.74, 6) is 1.43. The first-order valence-electron chi connectivity index (χ1n) is 6.96. The number of aromatic nitrogens is 2. The lowest BCUT2D eigenvalue weighted by molar-refractivity contribution is -0.0934. The molecule has 1 aromatic heterocycles. The van der Waals surface area contributed by atoms with E-state index in [2.05, 4.69) is 15.6 Å². The fourth-order valence-corrected chi connectivity index (χ4v) is 2.74. The molecule has 2 heterocycles. The summed E-state index contributed by atoms with van der Waals surface area (Å²) >= 11 is 5.88. The minimum absolute atomic E-state index is 0.0102. The van der Waals surface area contributed by atoms with E-state index in [0.29, 0.717) is 44.2 Å². The van der Waals surface area contributed by atoms with E-state index in [9.17, 15) is 0 Å². The molecule has 0 radical (unpaired) electrons. The third kappa shape index (κ3) is 3.03. The van der Waals surface area contributed by atoms with Crippen LogP contribution in [0.2, 0.25) is 0 Å². The Balaban J connectivity index is 1.99. The largest absolute Gasteiger partial charge is 0.376 e. The molecule has 1 fully saturated rings. The smallest absolute Gasteiger partial charge is 0.111 e. The lowest BCUT2D eigenvalue weighted by Crippen LogP contribution is -2.32. The van der Waals surface area contributed by atoms with Crippen molar-refractivity contribution in [3.63, 3.8) is 0 Å². The Labute approximate surface area is 128 Å². The molecule has 1 saturated heterocycles. The van der Waals surface area contributed by atoms with Crippen LogP contribution in [0.15, 0.2) is 18.2 Å². The van der Waals surface area contributed by atoms with Gasteiger partial charge in [-0.15, -0.1) is 11.6 Å². The van der Waals surface area contributed by atoms with E-state index in [0.717, 1.165) is 16.9 Å². The molecule has 1 unspecified atom stereocenters. The first-order chi connectivity index (χ1) is 10.3. The van der Waals surface area contributed by atoms with Crippen LogP contribution < -0.4 is 0 Å². The van der Waals surface area contributed by atoms with E-state index in [-0.39, 0.29) is 6.10 Å². The monoisotopic (exact) mass is 305 g/mol. The number of imidazole rings is 1. The Morgan fingerprint density at radius 3 is 3.05 bits per heavy atom. The maximum absolute atomic E-state index is 9.07.